The normalized spacial score (nSPS) is 13.7. The Morgan fingerprint density at radius 3 is 2.25 bits per heavy atom. The number of esters is 1. The standard InChI is InChI=1S/C10H17NO5/c1-4-16-8(12)5-11-9(13)6(2)7(3)10(14)15/h6-7H,4-5H2,1-3H3,(H,11,13)(H,14,15). The molecule has 0 aliphatic rings. The molecule has 0 heterocycles. The van der Waals surface area contributed by atoms with Crippen LogP contribution >= 0.6 is 0 Å². The van der Waals surface area contributed by atoms with Gasteiger partial charge in [0.25, 0.3) is 0 Å². The molecular formula is C10H17NO5. The van der Waals surface area contributed by atoms with Crippen molar-refractivity contribution >= 4 is 17.8 Å². The maximum Gasteiger partial charge on any atom is 0.325 e. The molecule has 0 saturated heterocycles. The number of carboxylic acid groups (broad SMARTS) is 1. The summed E-state index contributed by atoms with van der Waals surface area (Å²) in [6.07, 6.45) is 0. The zero-order valence-electron chi connectivity index (χ0n) is 9.65. The predicted octanol–water partition coefficient (Wildman–Crippen LogP) is 0.0225. The molecule has 92 valence electrons. The fourth-order valence-corrected chi connectivity index (χ4v) is 0.973. The molecule has 0 bridgehead atoms. The van der Waals surface area contributed by atoms with Gasteiger partial charge in [0.2, 0.25) is 5.91 Å². The summed E-state index contributed by atoms with van der Waals surface area (Å²) in [5, 5.41) is 11.0. The quantitative estimate of drug-likeness (QED) is 0.629. The third kappa shape index (κ3) is 4.77. The lowest BCUT2D eigenvalue weighted by Gasteiger charge is -2.15. The third-order valence-corrected chi connectivity index (χ3v) is 2.27. The second-order valence-electron chi connectivity index (χ2n) is 3.44. The number of aliphatic carboxylic acids is 1. The molecule has 0 spiro atoms. The fourth-order valence-electron chi connectivity index (χ4n) is 0.973. The van der Waals surface area contributed by atoms with Crippen molar-refractivity contribution in [2.24, 2.45) is 11.8 Å². The third-order valence-electron chi connectivity index (χ3n) is 2.27. The number of nitrogens with one attached hydrogen (secondary N) is 1. The summed E-state index contributed by atoms with van der Waals surface area (Å²) in [7, 11) is 0. The lowest BCUT2D eigenvalue weighted by atomic mass is 9.95. The Balaban J connectivity index is 4.06. The minimum absolute atomic E-state index is 0.233. The number of rotatable bonds is 6. The van der Waals surface area contributed by atoms with E-state index >= 15 is 0 Å². The van der Waals surface area contributed by atoms with Crippen LogP contribution in [0.15, 0.2) is 0 Å². The van der Waals surface area contributed by atoms with E-state index < -0.39 is 29.7 Å². The van der Waals surface area contributed by atoms with E-state index in [0.717, 1.165) is 0 Å². The van der Waals surface area contributed by atoms with Crippen LogP contribution in [0.1, 0.15) is 20.8 Å². The molecular weight excluding hydrogens is 214 g/mol. The highest BCUT2D eigenvalue weighted by molar-refractivity contribution is 5.86. The van der Waals surface area contributed by atoms with Crippen LogP contribution in [-0.2, 0) is 19.1 Å². The first-order chi connectivity index (χ1) is 7.40. The smallest absolute Gasteiger partial charge is 0.325 e. The first-order valence-electron chi connectivity index (χ1n) is 5.06. The van der Waals surface area contributed by atoms with Crippen LogP contribution in [0.4, 0.5) is 0 Å². The second-order valence-corrected chi connectivity index (χ2v) is 3.44. The van der Waals surface area contributed by atoms with E-state index in [2.05, 4.69) is 10.1 Å². The van der Waals surface area contributed by atoms with E-state index in [1.54, 1.807) is 6.92 Å². The van der Waals surface area contributed by atoms with Crippen LogP contribution < -0.4 is 5.32 Å². The first kappa shape index (κ1) is 14.4. The highest BCUT2D eigenvalue weighted by Crippen LogP contribution is 2.10. The summed E-state index contributed by atoms with van der Waals surface area (Å²) in [4.78, 5) is 33.0. The molecule has 2 N–H and O–H groups in total. The van der Waals surface area contributed by atoms with Crippen LogP contribution in [0.5, 0.6) is 0 Å². The number of ether oxygens (including phenoxy) is 1. The highest BCUT2D eigenvalue weighted by Gasteiger charge is 2.25. The van der Waals surface area contributed by atoms with Gasteiger partial charge in [0, 0.05) is 5.92 Å². The molecule has 0 aromatic rings. The van der Waals surface area contributed by atoms with Crippen LogP contribution in [0.2, 0.25) is 0 Å². The summed E-state index contributed by atoms with van der Waals surface area (Å²) in [5.41, 5.74) is 0. The Morgan fingerprint density at radius 1 is 1.25 bits per heavy atom. The van der Waals surface area contributed by atoms with E-state index in [1.807, 2.05) is 0 Å². The van der Waals surface area contributed by atoms with E-state index in [-0.39, 0.29) is 13.2 Å². The molecule has 0 aliphatic carbocycles. The zero-order valence-corrected chi connectivity index (χ0v) is 9.65. The van der Waals surface area contributed by atoms with Gasteiger partial charge in [-0.15, -0.1) is 0 Å². The topological polar surface area (TPSA) is 92.7 Å². The van der Waals surface area contributed by atoms with Crippen molar-refractivity contribution in [3.05, 3.63) is 0 Å². The molecule has 0 aromatic carbocycles. The van der Waals surface area contributed by atoms with Crippen molar-refractivity contribution in [3.8, 4) is 0 Å². The van der Waals surface area contributed by atoms with Crippen molar-refractivity contribution in [1.29, 1.82) is 0 Å². The molecule has 0 aromatic heterocycles. The lowest BCUT2D eigenvalue weighted by Crippen LogP contribution is -2.38. The van der Waals surface area contributed by atoms with Crippen LogP contribution in [0.3, 0.4) is 0 Å². The maximum absolute atomic E-state index is 11.4. The summed E-state index contributed by atoms with van der Waals surface area (Å²) in [6, 6.07) is 0. The van der Waals surface area contributed by atoms with Gasteiger partial charge in [0.15, 0.2) is 0 Å². The molecule has 16 heavy (non-hydrogen) atoms. The molecule has 2 atom stereocenters. The maximum atomic E-state index is 11.4. The largest absolute Gasteiger partial charge is 0.481 e. The van der Waals surface area contributed by atoms with Gasteiger partial charge in [0.1, 0.15) is 6.54 Å². The average Bonchev–Trinajstić information content (AvgIpc) is 2.24. The first-order valence-corrected chi connectivity index (χ1v) is 5.06. The zero-order chi connectivity index (χ0) is 12.7. The van der Waals surface area contributed by atoms with Gasteiger partial charge in [-0.3, -0.25) is 14.4 Å². The SMILES string of the molecule is CCOC(=O)CNC(=O)C(C)C(C)C(=O)O. The van der Waals surface area contributed by atoms with Crippen molar-refractivity contribution in [3.63, 3.8) is 0 Å². The molecule has 1 amide bonds. The Labute approximate surface area is 94.0 Å². The van der Waals surface area contributed by atoms with Crippen molar-refractivity contribution < 1.29 is 24.2 Å². The van der Waals surface area contributed by atoms with Crippen molar-refractivity contribution in [2.45, 2.75) is 20.8 Å². The predicted molar refractivity (Wildman–Crippen MR) is 55.6 cm³/mol. The molecule has 6 nitrogen and oxygen atoms in total. The van der Waals surface area contributed by atoms with Crippen LogP contribution in [0, 0.1) is 11.8 Å². The van der Waals surface area contributed by atoms with E-state index in [9.17, 15) is 14.4 Å². The molecule has 0 aliphatic heterocycles. The number of carbonyl (C=O) groups is 3. The molecule has 2 unspecified atom stereocenters. The minimum Gasteiger partial charge on any atom is -0.481 e. The Kier molecular flexibility index (Phi) is 6.14. The molecule has 6 heteroatoms. The van der Waals surface area contributed by atoms with E-state index in [0.29, 0.717) is 0 Å². The Hall–Kier alpha value is -1.59. The summed E-state index contributed by atoms with van der Waals surface area (Å²) >= 11 is 0. The van der Waals surface area contributed by atoms with Gasteiger partial charge in [0.05, 0.1) is 12.5 Å². The van der Waals surface area contributed by atoms with E-state index in [1.165, 1.54) is 13.8 Å². The molecule has 0 rings (SSSR count). The molecule has 0 saturated carbocycles. The number of hydrogen-bond donors (Lipinski definition) is 2. The van der Waals surface area contributed by atoms with Gasteiger partial charge >= 0.3 is 11.9 Å². The van der Waals surface area contributed by atoms with Crippen LogP contribution in [0.25, 0.3) is 0 Å². The number of hydrogen-bond acceptors (Lipinski definition) is 4. The molecule has 0 fully saturated rings. The van der Waals surface area contributed by atoms with Gasteiger partial charge in [-0.25, -0.2) is 0 Å². The van der Waals surface area contributed by atoms with Gasteiger partial charge in [-0.05, 0) is 6.92 Å². The summed E-state index contributed by atoms with van der Waals surface area (Å²) < 4.78 is 4.61. The minimum atomic E-state index is -1.04. The highest BCUT2D eigenvalue weighted by atomic mass is 16.5. The van der Waals surface area contributed by atoms with Crippen molar-refractivity contribution in [1.82, 2.24) is 5.32 Å². The number of carbonyl (C=O) groups excluding carboxylic acids is 2. The van der Waals surface area contributed by atoms with Gasteiger partial charge < -0.3 is 15.2 Å². The number of amides is 1. The number of carboxylic acids is 1. The monoisotopic (exact) mass is 231 g/mol. The lowest BCUT2D eigenvalue weighted by molar-refractivity contribution is -0.147. The molecule has 0 radical (unpaired) electrons. The van der Waals surface area contributed by atoms with Gasteiger partial charge in [-0.1, -0.05) is 13.8 Å². The Bertz CT molecular complexity index is 276. The Morgan fingerprint density at radius 2 is 1.81 bits per heavy atom. The second kappa shape index (κ2) is 6.81. The fraction of sp³-hybridized carbons (Fsp3) is 0.700. The van der Waals surface area contributed by atoms with Crippen LogP contribution in [-0.4, -0.2) is 36.1 Å². The van der Waals surface area contributed by atoms with E-state index in [4.69, 9.17) is 5.11 Å². The average molecular weight is 231 g/mol. The van der Waals surface area contributed by atoms with Gasteiger partial charge in [-0.2, -0.15) is 0 Å². The summed E-state index contributed by atoms with van der Waals surface area (Å²) in [6.45, 7) is 4.62. The van der Waals surface area contributed by atoms with Crippen molar-refractivity contribution in [2.75, 3.05) is 13.2 Å². The summed E-state index contributed by atoms with van der Waals surface area (Å²) in [5.74, 6) is -3.53.